The number of hydrogen-bond donors (Lipinski definition) is 1. The Bertz CT molecular complexity index is 389. The SMILES string of the molecule is CCNCCS(=O)(=O)N(C)Cc1cscn1. The van der Waals surface area contributed by atoms with Crippen molar-refractivity contribution in [3.05, 3.63) is 16.6 Å². The van der Waals surface area contributed by atoms with Crippen LogP contribution in [0.25, 0.3) is 0 Å². The zero-order chi connectivity index (χ0) is 12.0. The van der Waals surface area contributed by atoms with Crippen LogP contribution in [0.1, 0.15) is 12.6 Å². The van der Waals surface area contributed by atoms with Crippen LogP contribution in [-0.4, -0.2) is 43.6 Å². The summed E-state index contributed by atoms with van der Waals surface area (Å²) in [6.45, 7) is 3.56. The van der Waals surface area contributed by atoms with Gasteiger partial charge in [-0.15, -0.1) is 11.3 Å². The van der Waals surface area contributed by atoms with Gasteiger partial charge in [0.15, 0.2) is 0 Å². The lowest BCUT2D eigenvalue weighted by molar-refractivity contribution is 0.461. The standard InChI is InChI=1S/C9H17N3O2S2/c1-3-10-4-5-16(13,14)12(2)6-9-7-15-8-11-9/h7-8,10H,3-6H2,1-2H3. The fourth-order valence-corrected chi connectivity index (χ4v) is 2.77. The van der Waals surface area contributed by atoms with Gasteiger partial charge in [-0.05, 0) is 6.54 Å². The van der Waals surface area contributed by atoms with Gasteiger partial charge < -0.3 is 5.32 Å². The van der Waals surface area contributed by atoms with Gasteiger partial charge in [-0.1, -0.05) is 6.92 Å². The Kier molecular flexibility index (Phi) is 5.33. The van der Waals surface area contributed by atoms with Gasteiger partial charge in [-0.25, -0.2) is 13.4 Å². The average molecular weight is 263 g/mol. The number of aromatic nitrogens is 1. The van der Waals surface area contributed by atoms with Crippen LogP contribution in [0.2, 0.25) is 0 Å². The highest BCUT2D eigenvalue weighted by molar-refractivity contribution is 7.89. The molecular weight excluding hydrogens is 246 g/mol. The van der Waals surface area contributed by atoms with Crippen molar-refractivity contribution in [3.8, 4) is 0 Å². The topological polar surface area (TPSA) is 62.3 Å². The zero-order valence-electron chi connectivity index (χ0n) is 9.51. The molecule has 0 saturated heterocycles. The average Bonchev–Trinajstić information content (AvgIpc) is 2.70. The van der Waals surface area contributed by atoms with Crippen LogP contribution in [0, 0.1) is 0 Å². The third-order valence-corrected chi connectivity index (χ3v) is 4.56. The van der Waals surface area contributed by atoms with E-state index in [1.165, 1.54) is 15.6 Å². The molecule has 1 N–H and O–H groups in total. The Morgan fingerprint density at radius 2 is 2.31 bits per heavy atom. The fraction of sp³-hybridized carbons (Fsp3) is 0.667. The molecule has 0 aromatic carbocycles. The van der Waals surface area contributed by atoms with Gasteiger partial charge in [-0.3, -0.25) is 0 Å². The predicted molar refractivity (Wildman–Crippen MR) is 65.9 cm³/mol. The second-order valence-electron chi connectivity index (χ2n) is 3.41. The Hall–Kier alpha value is -0.500. The van der Waals surface area contributed by atoms with Crippen LogP contribution in [0.15, 0.2) is 10.9 Å². The first-order valence-electron chi connectivity index (χ1n) is 5.08. The van der Waals surface area contributed by atoms with Gasteiger partial charge in [0.05, 0.1) is 23.5 Å². The maximum atomic E-state index is 11.8. The van der Waals surface area contributed by atoms with E-state index < -0.39 is 10.0 Å². The van der Waals surface area contributed by atoms with Crippen molar-refractivity contribution in [3.63, 3.8) is 0 Å². The molecule has 0 spiro atoms. The molecule has 0 bridgehead atoms. The molecule has 7 heteroatoms. The molecule has 1 aromatic heterocycles. The summed E-state index contributed by atoms with van der Waals surface area (Å²) in [5, 5.41) is 4.86. The summed E-state index contributed by atoms with van der Waals surface area (Å²) in [4.78, 5) is 4.06. The molecule has 5 nitrogen and oxygen atoms in total. The molecule has 92 valence electrons. The molecule has 0 aliphatic heterocycles. The molecule has 16 heavy (non-hydrogen) atoms. The van der Waals surface area contributed by atoms with Crippen LogP contribution in [-0.2, 0) is 16.6 Å². The van der Waals surface area contributed by atoms with Crippen LogP contribution >= 0.6 is 11.3 Å². The van der Waals surface area contributed by atoms with E-state index in [1.54, 1.807) is 12.6 Å². The molecule has 1 heterocycles. The van der Waals surface area contributed by atoms with E-state index in [9.17, 15) is 8.42 Å². The molecule has 1 rings (SSSR count). The number of rotatable bonds is 7. The van der Waals surface area contributed by atoms with Gasteiger partial charge in [0.1, 0.15) is 0 Å². The summed E-state index contributed by atoms with van der Waals surface area (Å²) in [5.41, 5.74) is 2.49. The lowest BCUT2D eigenvalue weighted by Gasteiger charge is -2.15. The van der Waals surface area contributed by atoms with E-state index in [0.717, 1.165) is 12.2 Å². The minimum Gasteiger partial charge on any atom is -0.316 e. The molecule has 0 aliphatic carbocycles. The lowest BCUT2D eigenvalue weighted by Crippen LogP contribution is -2.33. The normalized spacial score (nSPS) is 12.2. The fourth-order valence-electron chi connectivity index (χ4n) is 1.18. The molecule has 0 saturated carbocycles. The first-order valence-corrected chi connectivity index (χ1v) is 7.63. The first-order chi connectivity index (χ1) is 7.56. The van der Waals surface area contributed by atoms with Crippen molar-refractivity contribution in [1.82, 2.24) is 14.6 Å². The third kappa shape index (κ3) is 4.17. The van der Waals surface area contributed by atoms with E-state index in [4.69, 9.17) is 0 Å². The molecule has 0 radical (unpaired) electrons. The van der Waals surface area contributed by atoms with E-state index in [1.807, 2.05) is 12.3 Å². The summed E-state index contributed by atoms with van der Waals surface area (Å²) < 4.78 is 24.9. The smallest absolute Gasteiger partial charge is 0.215 e. The maximum Gasteiger partial charge on any atom is 0.215 e. The molecule has 0 aliphatic rings. The van der Waals surface area contributed by atoms with E-state index in [-0.39, 0.29) is 5.75 Å². The molecule has 0 unspecified atom stereocenters. The maximum absolute atomic E-state index is 11.8. The van der Waals surface area contributed by atoms with Gasteiger partial charge in [0, 0.05) is 19.0 Å². The van der Waals surface area contributed by atoms with E-state index in [0.29, 0.717) is 13.1 Å². The highest BCUT2D eigenvalue weighted by Gasteiger charge is 2.17. The Morgan fingerprint density at radius 1 is 1.56 bits per heavy atom. The lowest BCUT2D eigenvalue weighted by atomic mass is 10.5. The van der Waals surface area contributed by atoms with E-state index >= 15 is 0 Å². The summed E-state index contributed by atoms with van der Waals surface area (Å²) in [6, 6.07) is 0. The van der Waals surface area contributed by atoms with Gasteiger partial charge in [0.25, 0.3) is 0 Å². The zero-order valence-corrected chi connectivity index (χ0v) is 11.1. The van der Waals surface area contributed by atoms with Crippen molar-refractivity contribution in [2.24, 2.45) is 0 Å². The molecule has 0 atom stereocenters. The minimum atomic E-state index is -3.17. The first kappa shape index (κ1) is 13.6. The largest absolute Gasteiger partial charge is 0.316 e. The summed E-state index contributed by atoms with van der Waals surface area (Å²) in [7, 11) is -1.59. The Morgan fingerprint density at radius 3 is 2.88 bits per heavy atom. The van der Waals surface area contributed by atoms with Crippen LogP contribution in [0.4, 0.5) is 0 Å². The second-order valence-corrected chi connectivity index (χ2v) is 6.32. The minimum absolute atomic E-state index is 0.126. The number of nitrogens with zero attached hydrogens (tertiary/aromatic N) is 2. The molecule has 0 fully saturated rings. The van der Waals surface area contributed by atoms with Crippen molar-refractivity contribution >= 4 is 21.4 Å². The second kappa shape index (κ2) is 6.29. The van der Waals surface area contributed by atoms with E-state index in [2.05, 4.69) is 10.3 Å². The number of thiazole rings is 1. The molecule has 0 amide bonds. The van der Waals surface area contributed by atoms with Crippen LogP contribution in [0.3, 0.4) is 0 Å². The van der Waals surface area contributed by atoms with Gasteiger partial charge in [0.2, 0.25) is 10.0 Å². The molecular formula is C9H17N3O2S2. The highest BCUT2D eigenvalue weighted by atomic mass is 32.2. The summed E-state index contributed by atoms with van der Waals surface area (Å²) in [6.07, 6.45) is 0. The van der Waals surface area contributed by atoms with Crippen molar-refractivity contribution in [2.75, 3.05) is 25.9 Å². The number of hydrogen-bond acceptors (Lipinski definition) is 5. The van der Waals surface area contributed by atoms with Crippen molar-refractivity contribution < 1.29 is 8.42 Å². The Balaban J connectivity index is 2.48. The number of nitrogens with one attached hydrogen (secondary N) is 1. The monoisotopic (exact) mass is 263 g/mol. The van der Waals surface area contributed by atoms with Crippen molar-refractivity contribution in [2.45, 2.75) is 13.5 Å². The third-order valence-electron chi connectivity index (χ3n) is 2.13. The summed E-state index contributed by atoms with van der Waals surface area (Å²) >= 11 is 1.47. The summed E-state index contributed by atoms with van der Waals surface area (Å²) in [5.74, 6) is 0.126. The van der Waals surface area contributed by atoms with Crippen LogP contribution in [0.5, 0.6) is 0 Å². The van der Waals surface area contributed by atoms with Gasteiger partial charge >= 0.3 is 0 Å². The van der Waals surface area contributed by atoms with Crippen LogP contribution < -0.4 is 5.32 Å². The van der Waals surface area contributed by atoms with Crippen molar-refractivity contribution in [1.29, 1.82) is 0 Å². The Labute approximate surface area is 101 Å². The van der Waals surface area contributed by atoms with Gasteiger partial charge in [-0.2, -0.15) is 4.31 Å². The molecule has 1 aromatic rings. The highest BCUT2D eigenvalue weighted by Crippen LogP contribution is 2.07. The quantitative estimate of drug-likeness (QED) is 0.728. The number of sulfonamides is 1. The predicted octanol–water partition coefficient (Wildman–Crippen LogP) is 0.514.